The molecule has 96 valence electrons. The van der Waals surface area contributed by atoms with E-state index in [1.165, 1.54) is 24.4 Å². The largest absolute Gasteiger partial charge is 0.872 e. The molecule has 0 atom stereocenters. The number of carboxylic acid groups (broad SMARTS) is 1. The van der Waals surface area contributed by atoms with Gasteiger partial charge in [0, 0.05) is 5.56 Å². The average molecular weight is 255 g/mol. The highest BCUT2D eigenvalue weighted by Gasteiger charge is 2.06. The Morgan fingerprint density at radius 1 is 1.16 bits per heavy atom. The summed E-state index contributed by atoms with van der Waals surface area (Å²) in [6.07, 6.45) is 1.43. The highest BCUT2D eigenvalue weighted by molar-refractivity contribution is 5.98. The van der Waals surface area contributed by atoms with E-state index in [0.717, 1.165) is 0 Å². The van der Waals surface area contributed by atoms with Crippen molar-refractivity contribution < 1.29 is 15.0 Å². The Balaban J connectivity index is 2.11. The van der Waals surface area contributed by atoms with Gasteiger partial charge in [0.25, 0.3) is 0 Å². The summed E-state index contributed by atoms with van der Waals surface area (Å²) in [5, 5.41) is 23.8. The summed E-state index contributed by atoms with van der Waals surface area (Å²) in [5.41, 5.74) is 4.07. The number of carbonyl (C=O) groups is 1. The first kappa shape index (κ1) is 12.6. The molecule has 0 unspecified atom stereocenters. The quantitative estimate of drug-likeness (QED) is 0.645. The Morgan fingerprint density at radius 3 is 2.53 bits per heavy atom. The first-order chi connectivity index (χ1) is 9.16. The predicted molar refractivity (Wildman–Crippen MR) is 70.5 cm³/mol. The second kappa shape index (κ2) is 5.68. The lowest BCUT2D eigenvalue weighted by molar-refractivity contribution is -0.268. The minimum atomic E-state index is -1.00. The Bertz CT molecular complexity index is 606. The molecule has 0 aliphatic carbocycles. The van der Waals surface area contributed by atoms with Crippen LogP contribution in [0.25, 0.3) is 0 Å². The van der Waals surface area contributed by atoms with Crippen molar-refractivity contribution in [1.29, 1.82) is 0 Å². The molecule has 0 heterocycles. The fourth-order valence-electron chi connectivity index (χ4n) is 1.51. The summed E-state index contributed by atoms with van der Waals surface area (Å²) in [5.74, 6) is -1.08. The molecule has 2 rings (SSSR count). The Morgan fingerprint density at radius 2 is 1.84 bits per heavy atom. The Hall–Kier alpha value is -2.82. The minimum Gasteiger partial charge on any atom is -0.872 e. The van der Waals surface area contributed by atoms with E-state index in [9.17, 15) is 9.90 Å². The van der Waals surface area contributed by atoms with Gasteiger partial charge >= 0.3 is 5.97 Å². The van der Waals surface area contributed by atoms with Crippen LogP contribution in [-0.4, -0.2) is 17.3 Å². The van der Waals surface area contributed by atoms with E-state index in [0.29, 0.717) is 11.3 Å². The van der Waals surface area contributed by atoms with Gasteiger partial charge in [0.2, 0.25) is 0 Å². The number of carboxylic acids is 1. The zero-order valence-corrected chi connectivity index (χ0v) is 9.91. The van der Waals surface area contributed by atoms with Crippen LogP contribution in [0.2, 0.25) is 0 Å². The van der Waals surface area contributed by atoms with Crippen LogP contribution < -0.4 is 10.5 Å². The van der Waals surface area contributed by atoms with E-state index in [2.05, 4.69) is 10.5 Å². The Kier molecular flexibility index (Phi) is 3.78. The van der Waals surface area contributed by atoms with Gasteiger partial charge in [-0.15, -0.1) is 5.75 Å². The van der Waals surface area contributed by atoms with E-state index in [-0.39, 0.29) is 11.3 Å². The van der Waals surface area contributed by atoms with Crippen molar-refractivity contribution in [3.8, 4) is 5.75 Å². The van der Waals surface area contributed by atoms with Gasteiger partial charge in [-0.2, -0.15) is 5.10 Å². The van der Waals surface area contributed by atoms with Crippen molar-refractivity contribution in [2.24, 2.45) is 5.10 Å². The lowest BCUT2D eigenvalue weighted by Gasteiger charge is -2.05. The molecule has 0 spiro atoms. The van der Waals surface area contributed by atoms with Crippen molar-refractivity contribution in [2.45, 2.75) is 0 Å². The lowest BCUT2D eigenvalue weighted by atomic mass is 10.1. The molecule has 0 fully saturated rings. The zero-order chi connectivity index (χ0) is 13.7. The molecule has 0 bridgehead atoms. The van der Waals surface area contributed by atoms with Crippen molar-refractivity contribution in [3.63, 3.8) is 0 Å². The second-order valence-electron chi connectivity index (χ2n) is 3.79. The van der Waals surface area contributed by atoms with Crippen LogP contribution >= 0.6 is 0 Å². The second-order valence-corrected chi connectivity index (χ2v) is 3.79. The van der Waals surface area contributed by atoms with Crippen LogP contribution in [0.4, 0.5) is 5.69 Å². The molecule has 5 nitrogen and oxygen atoms in total. The van der Waals surface area contributed by atoms with Crippen LogP contribution in [0.5, 0.6) is 5.75 Å². The van der Waals surface area contributed by atoms with E-state index in [1.807, 2.05) is 0 Å². The number of hydrogen-bond acceptors (Lipinski definition) is 4. The maximum atomic E-state index is 11.0. The molecule has 0 aliphatic heterocycles. The third kappa shape index (κ3) is 3.32. The molecule has 2 N–H and O–H groups in total. The summed E-state index contributed by atoms with van der Waals surface area (Å²) in [7, 11) is 0. The van der Waals surface area contributed by atoms with Gasteiger partial charge in [-0.05, 0) is 18.2 Å². The normalized spacial score (nSPS) is 10.5. The fraction of sp³-hybridized carbons (Fsp3) is 0. The van der Waals surface area contributed by atoms with Crippen LogP contribution in [0.15, 0.2) is 53.6 Å². The summed E-state index contributed by atoms with van der Waals surface area (Å²) in [6, 6.07) is 12.6. The molecule has 0 radical (unpaired) electrons. The van der Waals surface area contributed by atoms with Crippen molar-refractivity contribution in [2.75, 3.05) is 5.43 Å². The SMILES string of the molecule is O=C(O)c1ccccc1/C=N\Nc1ccc([O-])cc1. The number of nitrogens with one attached hydrogen (secondary N) is 1. The van der Waals surface area contributed by atoms with Crippen molar-refractivity contribution >= 4 is 17.9 Å². The van der Waals surface area contributed by atoms with Crippen LogP contribution in [-0.2, 0) is 0 Å². The maximum absolute atomic E-state index is 11.0. The van der Waals surface area contributed by atoms with Gasteiger partial charge in [0.1, 0.15) is 0 Å². The number of nitrogens with zero attached hydrogens (tertiary/aromatic N) is 1. The predicted octanol–water partition coefficient (Wildman–Crippen LogP) is 1.90. The Labute approximate surface area is 109 Å². The van der Waals surface area contributed by atoms with Crippen molar-refractivity contribution in [1.82, 2.24) is 0 Å². The first-order valence-corrected chi connectivity index (χ1v) is 5.55. The smallest absolute Gasteiger partial charge is 0.336 e. The zero-order valence-electron chi connectivity index (χ0n) is 9.91. The molecule has 0 saturated heterocycles. The van der Waals surface area contributed by atoms with E-state index in [1.54, 1.807) is 30.3 Å². The molecule has 0 aliphatic rings. The molecular formula is C14H11N2O3-. The third-order valence-corrected chi connectivity index (χ3v) is 2.44. The fourth-order valence-corrected chi connectivity index (χ4v) is 1.51. The maximum Gasteiger partial charge on any atom is 0.336 e. The topological polar surface area (TPSA) is 84.8 Å². The molecule has 0 amide bonds. The molecule has 0 aromatic heterocycles. The van der Waals surface area contributed by atoms with Gasteiger partial charge in [0.15, 0.2) is 0 Å². The highest BCUT2D eigenvalue weighted by Crippen LogP contribution is 2.11. The van der Waals surface area contributed by atoms with Gasteiger partial charge in [-0.3, -0.25) is 5.43 Å². The molecule has 2 aromatic rings. The number of hydrazone groups is 1. The number of hydrogen-bond donors (Lipinski definition) is 2. The van der Waals surface area contributed by atoms with Crippen LogP contribution in [0.3, 0.4) is 0 Å². The monoisotopic (exact) mass is 255 g/mol. The number of rotatable bonds is 4. The molecule has 2 aromatic carbocycles. The molecular weight excluding hydrogens is 244 g/mol. The molecule has 19 heavy (non-hydrogen) atoms. The number of benzene rings is 2. The van der Waals surface area contributed by atoms with Crippen molar-refractivity contribution in [3.05, 3.63) is 59.7 Å². The number of anilines is 1. The van der Waals surface area contributed by atoms with Gasteiger partial charge in [0.05, 0.1) is 17.5 Å². The summed E-state index contributed by atoms with van der Waals surface area (Å²) in [6.45, 7) is 0. The number of aromatic carboxylic acids is 1. The first-order valence-electron chi connectivity index (χ1n) is 5.55. The standard InChI is InChI=1S/C14H12N2O3/c17-12-7-5-11(6-8-12)16-15-9-10-3-1-2-4-13(10)14(18)19/h1-9,16-17H,(H,18,19)/p-1/b15-9-. The summed E-state index contributed by atoms with van der Waals surface area (Å²) >= 11 is 0. The lowest BCUT2D eigenvalue weighted by Crippen LogP contribution is -2.02. The van der Waals surface area contributed by atoms with Gasteiger partial charge < -0.3 is 10.2 Å². The van der Waals surface area contributed by atoms with Crippen LogP contribution in [0, 0.1) is 0 Å². The van der Waals surface area contributed by atoms with Gasteiger partial charge in [-0.25, -0.2) is 4.79 Å². The summed E-state index contributed by atoms with van der Waals surface area (Å²) < 4.78 is 0. The highest BCUT2D eigenvalue weighted by atomic mass is 16.4. The average Bonchev–Trinajstić information content (AvgIpc) is 2.41. The van der Waals surface area contributed by atoms with E-state index < -0.39 is 5.97 Å². The minimum absolute atomic E-state index is 0.0780. The van der Waals surface area contributed by atoms with Crippen LogP contribution in [0.1, 0.15) is 15.9 Å². The van der Waals surface area contributed by atoms with E-state index >= 15 is 0 Å². The molecule has 0 saturated carbocycles. The van der Waals surface area contributed by atoms with E-state index in [4.69, 9.17) is 5.11 Å². The van der Waals surface area contributed by atoms with Gasteiger partial charge in [-0.1, -0.05) is 30.3 Å². The summed E-state index contributed by atoms with van der Waals surface area (Å²) in [4.78, 5) is 11.0. The molecule has 5 heteroatoms. The third-order valence-electron chi connectivity index (χ3n) is 2.44.